The van der Waals surface area contributed by atoms with Crippen LogP contribution in [0.1, 0.15) is 25.0 Å². The number of hydrogen-bond acceptors (Lipinski definition) is 4. The highest BCUT2D eigenvalue weighted by Gasteiger charge is 2.28. The zero-order valence-corrected chi connectivity index (χ0v) is 13.6. The van der Waals surface area contributed by atoms with Crippen LogP contribution < -0.4 is 5.73 Å². The molecule has 2 N–H and O–H groups in total. The van der Waals surface area contributed by atoms with E-state index in [0.29, 0.717) is 18.8 Å². The molecule has 0 aromatic heterocycles. The average Bonchev–Trinajstić information content (AvgIpc) is 2.36. The number of aryl methyl sites for hydroxylation is 1. The van der Waals surface area contributed by atoms with E-state index in [-0.39, 0.29) is 10.9 Å². The number of methoxy groups -OCH3 is 1. The van der Waals surface area contributed by atoms with Crippen LogP contribution in [0.15, 0.2) is 17.0 Å². The van der Waals surface area contributed by atoms with E-state index in [2.05, 4.69) is 0 Å². The van der Waals surface area contributed by atoms with Crippen LogP contribution in [-0.2, 0) is 14.8 Å². The van der Waals surface area contributed by atoms with Crippen molar-refractivity contribution >= 4 is 15.7 Å². The monoisotopic (exact) mass is 300 g/mol. The predicted molar refractivity (Wildman–Crippen MR) is 81.2 cm³/mol. The number of rotatable bonds is 6. The Kier molecular flexibility index (Phi) is 5.56. The summed E-state index contributed by atoms with van der Waals surface area (Å²) in [6.45, 7) is 8.13. The molecule has 1 atom stereocenters. The van der Waals surface area contributed by atoms with Gasteiger partial charge in [0.1, 0.15) is 0 Å². The SMILES string of the molecule is CCN(C(C)COC)S(=O)(=O)c1cc(C)c(C)c(N)c1. The van der Waals surface area contributed by atoms with Crippen LogP contribution in [0, 0.1) is 13.8 Å². The molecule has 0 aliphatic carbocycles. The van der Waals surface area contributed by atoms with Gasteiger partial charge in [-0.05, 0) is 44.0 Å². The van der Waals surface area contributed by atoms with Crippen molar-refractivity contribution in [2.75, 3.05) is 26.0 Å². The first kappa shape index (κ1) is 16.9. The Bertz CT molecular complexity index is 547. The lowest BCUT2D eigenvalue weighted by Gasteiger charge is -2.27. The number of nitrogens with zero attached hydrogens (tertiary/aromatic N) is 1. The zero-order chi connectivity index (χ0) is 15.5. The van der Waals surface area contributed by atoms with E-state index in [1.165, 1.54) is 10.4 Å². The molecular weight excluding hydrogens is 276 g/mol. The molecule has 0 spiro atoms. The molecule has 0 fully saturated rings. The Hall–Kier alpha value is -1.11. The van der Waals surface area contributed by atoms with Crippen LogP contribution in [0.5, 0.6) is 0 Å². The first-order valence-corrected chi connectivity index (χ1v) is 8.07. The Labute approximate surface area is 121 Å². The van der Waals surface area contributed by atoms with Gasteiger partial charge in [0.05, 0.1) is 11.5 Å². The minimum Gasteiger partial charge on any atom is -0.398 e. The normalized spacial score (nSPS) is 13.7. The molecule has 0 aliphatic rings. The average molecular weight is 300 g/mol. The number of nitrogen functional groups attached to an aromatic ring is 1. The molecule has 1 rings (SSSR count). The van der Waals surface area contributed by atoms with Crippen LogP contribution in [0.4, 0.5) is 5.69 Å². The van der Waals surface area contributed by atoms with E-state index < -0.39 is 10.0 Å². The molecular formula is C14H24N2O3S. The molecule has 0 bridgehead atoms. The highest BCUT2D eigenvalue weighted by molar-refractivity contribution is 7.89. The number of ether oxygens (including phenoxy) is 1. The second-order valence-corrected chi connectivity index (χ2v) is 6.86. The van der Waals surface area contributed by atoms with Crippen molar-refractivity contribution in [3.8, 4) is 0 Å². The number of hydrogen-bond donors (Lipinski definition) is 1. The van der Waals surface area contributed by atoms with Crippen molar-refractivity contribution in [1.29, 1.82) is 0 Å². The predicted octanol–water partition coefficient (Wildman–Crippen LogP) is 1.93. The molecule has 1 aromatic carbocycles. The summed E-state index contributed by atoms with van der Waals surface area (Å²) >= 11 is 0. The van der Waals surface area contributed by atoms with Gasteiger partial charge in [-0.3, -0.25) is 0 Å². The first-order valence-electron chi connectivity index (χ1n) is 6.63. The lowest BCUT2D eigenvalue weighted by atomic mass is 10.1. The Morgan fingerprint density at radius 1 is 1.35 bits per heavy atom. The van der Waals surface area contributed by atoms with Gasteiger partial charge in [-0.1, -0.05) is 6.92 Å². The number of anilines is 1. The van der Waals surface area contributed by atoms with Crippen molar-refractivity contribution in [2.24, 2.45) is 0 Å². The van der Waals surface area contributed by atoms with Gasteiger partial charge in [-0.2, -0.15) is 4.31 Å². The van der Waals surface area contributed by atoms with Crippen LogP contribution >= 0.6 is 0 Å². The summed E-state index contributed by atoms with van der Waals surface area (Å²) in [7, 11) is -2.00. The van der Waals surface area contributed by atoms with E-state index in [1.54, 1.807) is 13.2 Å². The van der Waals surface area contributed by atoms with Crippen LogP contribution in [-0.4, -0.2) is 39.0 Å². The molecule has 114 valence electrons. The Balaban J connectivity index is 3.27. The summed E-state index contributed by atoms with van der Waals surface area (Å²) < 4.78 is 31.9. The van der Waals surface area contributed by atoms with Gasteiger partial charge in [-0.25, -0.2) is 8.42 Å². The molecule has 0 radical (unpaired) electrons. The van der Waals surface area contributed by atoms with Gasteiger partial charge in [0, 0.05) is 25.4 Å². The van der Waals surface area contributed by atoms with E-state index in [9.17, 15) is 8.42 Å². The zero-order valence-electron chi connectivity index (χ0n) is 12.8. The highest BCUT2D eigenvalue weighted by atomic mass is 32.2. The summed E-state index contributed by atoms with van der Waals surface area (Å²) in [5.74, 6) is 0. The molecule has 0 saturated carbocycles. The van der Waals surface area contributed by atoms with Gasteiger partial charge in [0.2, 0.25) is 10.0 Å². The summed E-state index contributed by atoms with van der Waals surface area (Å²) in [6.07, 6.45) is 0. The third-order valence-electron chi connectivity index (χ3n) is 3.50. The van der Waals surface area contributed by atoms with Gasteiger partial charge < -0.3 is 10.5 Å². The third-order valence-corrected chi connectivity index (χ3v) is 5.57. The maximum atomic E-state index is 12.7. The second kappa shape index (κ2) is 6.56. The highest BCUT2D eigenvalue weighted by Crippen LogP contribution is 2.25. The first-order chi connectivity index (χ1) is 9.25. The minimum absolute atomic E-state index is 0.224. The molecule has 0 saturated heterocycles. The fourth-order valence-corrected chi connectivity index (χ4v) is 3.93. The molecule has 0 amide bonds. The van der Waals surface area contributed by atoms with Gasteiger partial charge in [0.25, 0.3) is 0 Å². The Morgan fingerprint density at radius 3 is 2.40 bits per heavy atom. The molecule has 1 unspecified atom stereocenters. The number of nitrogens with two attached hydrogens (primary N) is 1. The molecule has 20 heavy (non-hydrogen) atoms. The van der Waals surface area contributed by atoms with Gasteiger partial charge in [-0.15, -0.1) is 0 Å². The lowest BCUT2D eigenvalue weighted by Crippen LogP contribution is -2.40. The smallest absolute Gasteiger partial charge is 0.243 e. The topological polar surface area (TPSA) is 72.6 Å². The molecule has 0 aliphatic heterocycles. The number of likely N-dealkylation sites (N-methyl/N-ethyl adjacent to an activating group) is 1. The standard InChI is InChI=1S/C14H24N2O3S/c1-6-16(11(3)9-19-5)20(17,18)13-7-10(2)12(4)14(15)8-13/h7-8,11H,6,9,15H2,1-5H3. The number of benzene rings is 1. The summed E-state index contributed by atoms with van der Waals surface area (Å²) in [4.78, 5) is 0.239. The number of sulfonamides is 1. The van der Waals surface area contributed by atoms with Crippen molar-refractivity contribution in [2.45, 2.75) is 38.6 Å². The quantitative estimate of drug-likeness (QED) is 0.815. The molecule has 5 nitrogen and oxygen atoms in total. The van der Waals surface area contributed by atoms with Crippen molar-refractivity contribution in [1.82, 2.24) is 4.31 Å². The summed E-state index contributed by atoms with van der Waals surface area (Å²) in [5, 5.41) is 0. The van der Waals surface area contributed by atoms with E-state index >= 15 is 0 Å². The van der Waals surface area contributed by atoms with Gasteiger partial charge >= 0.3 is 0 Å². The van der Waals surface area contributed by atoms with Gasteiger partial charge in [0.15, 0.2) is 0 Å². The van der Waals surface area contributed by atoms with Crippen LogP contribution in [0.2, 0.25) is 0 Å². The minimum atomic E-state index is -3.56. The molecule has 1 aromatic rings. The van der Waals surface area contributed by atoms with Crippen LogP contribution in [0.25, 0.3) is 0 Å². The van der Waals surface area contributed by atoms with Crippen molar-refractivity contribution in [3.05, 3.63) is 23.3 Å². The Morgan fingerprint density at radius 2 is 1.95 bits per heavy atom. The van der Waals surface area contributed by atoms with Crippen molar-refractivity contribution < 1.29 is 13.2 Å². The largest absolute Gasteiger partial charge is 0.398 e. The van der Waals surface area contributed by atoms with E-state index in [1.807, 2.05) is 27.7 Å². The maximum absolute atomic E-state index is 12.7. The fraction of sp³-hybridized carbons (Fsp3) is 0.571. The van der Waals surface area contributed by atoms with E-state index in [0.717, 1.165) is 11.1 Å². The van der Waals surface area contributed by atoms with Crippen molar-refractivity contribution in [3.63, 3.8) is 0 Å². The molecule has 6 heteroatoms. The molecule has 0 heterocycles. The van der Waals surface area contributed by atoms with Crippen LogP contribution in [0.3, 0.4) is 0 Å². The third kappa shape index (κ3) is 3.31. The summed E-state index contributed by atoms with van der Waals surface area (Å²) in [6, 6.07) is 2.97. The summed E-state index contributed by atoms with van der Waals surface area (Å²) in [5.41, 5.74) is 8.17. The lowest BCUT2D eigenvalue weighted by molar-refractivity contribution is 0.142. The maximum Gasteiger partial charge on any atom is 0.243 e. The van der Waals surface area contributed by atoms with E-state index in [4.69, 9.17) is 10.5 Å². The fourth-order valence-electron chi connectivity index (χ4n) is 2.18. The second-order valence-electron chi connectivity index (χ2n) is 4.97.